The van der Waals surface area contributed by atoms with Gasteiger partial charge in [0.15, 0.2) is 0 Å². The molecule has 0 radical (unpaired) electrons. The molecule has 1 saturated heterocycles. The molecular weight excluding hydrogens is 292 g/mol. The predicted molar refractivity (Wildman–Crippen MR) is 89.1 cm³/mol. The van der Waals surface area contributed by atoms with Gasteiger partial charge in [-0.1, -0.05) is 12.8 Å². The molecule has 6 heteroatoms. The van der Waals surface area contributed by atoms with E-state index in [2.05, 4.69) is 20.2 Å². The van der Waals surface area contributed by atoms with E-state index in [9.17, 15) is 4.79 Å². The van der Waals surface area contributed by atoms with Gasteiger partial charge in [-0.2, -0.15) is 0 Å². The van der Waals surface area contributed by atoms with Crippen LogP contribution in [0.15, 0.2) is 41.3 Å². The Balaban J connectivity index is 1.57. The van der Waals surface area contributed by atoms with E-state index in [1.165, 1.54) is 31.8 Å². The lowest BCUT2D eigenvalue weighted by molar-refractivity contribution is -0.111. The van der Waals surface area contributed by atoms with E-state index in [0.717, 1.165) is 19.0 Å². The van der Waals surface area contributed by atoms with Gasteiger partial charge in [0.1, 0.15) is 5.76 Å². The Bertz CT molecular complexity index is 642. The van der Waals surface area contributed by atoms with Crippen LogP contribution in [0.5, 0.6) is 0 Å². The number of anilines is 2. The molecule has 2 aromatic heterocycles. The van der Waals surface area contributed by atoms with Gasteiger partial charge in [0.05, 0.1) is 24.3 Å². The maximum absolute atomic E-state index is 11.8. The minimum atomic E-state index is -0.243. The van der Waals surface area contributed by atoms with Gasteiger partial charge in [-0.25, -0.2) is 9.97 Å². The highest BCUT2D eigenvalue weighted by molar-refractivity contribution is 6.01. The molecule has 1 amide bonds. The summed E-state index contributed by atoms with van der Waals surface area (Å²) in [6.07, 6.45) is 12.8. The van der Waals surface area contributed by atoms with Crippen molar-refractivity contribution in [3.8, 4) is 0 Å². The summed E-state index contributed by atoms with van der Waals surface area (Å²) in [5.41, 5.74) is 0.581. The number of amides is 1. The van der Waals surface area contributed by atoms with Crippen molar-refractivity contribution in [1.29, 1.82) is 0 Å². The van der Waals surface area contributed by atoms with Crippen LogP contribution in [0, 0.1) is 0 Å². The largest absolute Gasteiger partial charge is 0.465 e. The smallest absolute Gasteiger partial charge is 0.248 e. The van der Waals surface area contributed by atoms with Crippen LogP contribution in [0.3, 0.4) is 0 Å². The van der Waals surface area contributed by atoms with Crippen molar-refractivity contribution in [2.24, 2.45) is 0 Å². The van der Waals surface area contributed by atoms with Gasteiger partial charge in [-0.05, 0) is 31.1 Å². The lowest BCUT2D eigenvalue weighted by Gasteiger charge is -2.19. The number of aromatic nitrogens is 2. The second-order valence-corrected chi connectivity index (χ2v) is 5.51. The summed E-state index contributed by atoms with van der Waals surface area (Å²) in [5.74, 6) is 1.12. The Labute approximate surface area is 135 Å². The summed E-state index contributed by atoms with van der Waals surface area (Å²) in [5, 5.41) is 2.74. The van der Waals surface area contributed by atoms with Gasteiger partial charge in [0, 0.05) is 19.2 Å². The average molecular weight is 312 g/mol. The van der Waals surface area contributed by atoms with Crippen LogP contribution in [-0.4, -0.2) is 29.0 Å². The van der Waals surface area contributed by atoms with E-state index in [-0.39, 0.29) is 5.91 Å². The van der Waals surface area contributed by atoms with E-state index in [1.807, 2.05) is 0 Å². The topological polar surface area (TPSA) is 71.3 Å². The third-order valence-electron chi connectivity index (χ3n) is 3.74. The van der Waals surface area contributed by atoms with E-state index in [1.54, 1.807) is 36.9 Å². The fourth-order valence-corrected chi connectivity index (χ4v) is 2.55. The molecule has 1 N–H and O–H groups in total. The highest BCUT2D eigenvalue weighted by Gasteiger charge is 2.12. The van der Waals surface area contributed by atoms with Crippen molar-refractivity contribution in [3.05, 3.63) is 42.6 Å². The number of nitrogens with one attached hydrogen (secondary N) is 1. The standard InChI is InChI=1S/C17H20N4O2/c22-16(8-7-15-6-5-11-23-15)20-14-12-18-17(19-13-14)21-9-3-1-2-4-10-21/h5-8,11-13H,1-4,9-10H2,(H,20,22). The molecule has 0 spiro atoms. The van der Waals surface area contributed by atoms with E-state index in [4.69, 9.17) is 4.42 Å². The molecule has 1 aliphatic rings. The molecule has 23 heavy (non-hydrogen) atoms. The van der Waals surface area contributed by atoms with Crippen molar-refractivity contribution in [2.45, 2.75) is 25.7 Å². The van der Waals surface area contributed by atoms with Gasteiger partial charge in [-0.3, -0.25) is 4.79 Å². The highest BCUT2D eigenvalue weighted by Crippen LogP contribution is 2.16. The summed E-state index contributed by atoms with van der Waals surface area (Å²) in [7, 11) is 0. The normalized spacial score (nSPS) is 15.6. The highest BCUT2D eigenvalue weighted by atomic mass is 16.3. The molecule has 3 heterocycles. The number of carbonyl (C=O) groups excluding carboxylic acids is 1. The maximum atomic E-state index is 11.8. The molecule has 0 unspecified atom stereocenters. The number of furan rings is 1. The Morgan fingerprint density at radius 1 is 1.17 bits per heavy atom. The number of carbonyl (C=O) groups is 1. The zero-order valence-corrected chi connectivity index (χ0v) is 12.9. The molecule has 120 valence electrons. The van der Waals surface area contributed by atoms with E-state index < -0.39 is 0 Å². The lowest BCUT2D eigenvalue weighted by Crippen LogP contribution is -2.26. The van der Waals surface area contributed by atoms with Crippen molar-refractivity contribution < 1.29 is 9.21 Å². The third-order valence-corrected chi connectivity index (χ3v) is 3.74. The number of hydrogen-bond acceptors (Lipinski definition) is 5. The molecule has 6 nitrogen and oxygen atoms in total. The maximum Gasteiger partial charge on any atom is 0.248 e. The van der Waals surface area contributed by atoms with Crippen molar-refractivity contribution in [1.82, 2.24) is 9.97 Å². The zero-order valence-electron chi connectivity index (χ0n) is 12.9. The molecule has 0 aromatic carbocycles. The number of nitrogens with zero attached hydrogens (tertiary/aromatic N) is 3. The lowest BCUT2D eigenvalue weighted by atomic mass is 10.2. The first-order chi connectivity index (χ1) is 11.3. The first-order valence-corrected chi connectivity index (χ1v) is 7.91. The molecule has 0 aliphatic carbocycles. The van der Waals surface area contributed by atoms with E-state index >= 15 is 0 Å². The van der Waals surface area contributed by atoms with Crippen molar-refractivity contribution in [3.63, 3.8) is 0 Å². The minimum Gasteiger partial charge on any atom is -0.465 e. The van der Waals surface area contributed by atoms with Crippen LogP contribution < -0.4 is 10.2 Å². The molecule has 1 aliphatic heterocycles. The van der Waals surface area contributed by atoms with Crippen LogP contribution in [0.1, 0.15) is 31.4 Å². The Morgan fingerprint density at radius 2 is 1.91 bits per heavy atom. The second kappa shape index (κ2) is 7.58. The van der Waals surface area contributed by atoms with Gasteiger partial charge in [-0.15, -0.1) is 0 Å². The fraction of sp³-hybridized carbons (Fsp3) is 0.353. The SMILES string of the molecule is O=C(C=Cc1ccco1)Nc1cnc(N2CCCCCC2)nc1. The van der Waals surface area contributed by atoms with Crippen LogP contribution in [0.4, 0.5) is 11.6 Å². The monoisotopic (exact) mass is 312 g/mol. The summed E-state index contributed by atoms with van der Waals surface area (Å²) in [6.45, 7) is 2.00. The van der Waals surface area contributed by atoms with Crippen molar-refractivity contribution >= 4 is 23.6 Å². The molecule has 0 bridgehead atoms. The van der Waals surface area contributed by atoms with E-state index in [0.29, 0.717) is 11.4 Å². The first-order valence-electron chi connectivity index (χ1n) is 7.91. The second-order valence-electron chi connectivity index (χ2n) is 5.51. The quantitative estimate of drug-likeness (QED) is 0.878. The van der Waals surface area contributed by atoms with Gasteiger partial charge in [0.2, 0.25) is 11.9 Å². The van der Waals surface area contributed by atoms with Crippen LogP contribution in [0.2, 0.25) is 0 Å². The molecule has 0 saturated carbocycles. The van der Waals surface area contributed by atoms with Gasteiger partial charge in [0.25, 0.3) is 0 Å². The average Bonchev–Trinajstić information content (AvgIpc) is 2.94. The number of rotatable bonds is 4. The van der Waals surface area contributed by atoms with Gasteiger partial charge >= 0.3 is 0 Å². The molecule has 0 atom stereocenters. The Kier molecular flexibility index (Phi) is 5.03. The summed E-state index contributed by atoms with van der Waals surface area (Å²) >= 11 is 0. The fourth-order valence-electron chi connectivity index (χ4n) is 2.55. The first kappa shape index (κ1) is 15.3. The zero-order chi connectivity index (χ0) is 15.9. The van der Waals surface area contributed by atoms with Crippen LogP contribution >= 0.6 is 0 Å². The predicted octanol–water partition coefficient (Wildman–Crippen LogP) is 3.10. The molecule has 2 aromatic rings. The van der Waals surface area contributed by atoms with Crippen molar-refractivity contribution in [2.75, 3.05) is 23.3 Å². The van der Waals surface area contributed by atoms with Crippen LogP contribution in [0.25, 0.3) is 6.08 Å². The minimum absolute atomic E-state index is 0.243. The Morgan fingerprint density at radius 3 is 2.57 bits per heavy atom. The number of hydrogen-bond donors (Lipinski definition) is 1. The van der Waals surface area contributed by atoms with Crippen LogP contribution in [-0.2, 0) is 4.79 Å². The summed E-state index contributed by atoms with van der Waals surface area (Å²) in [4.78, 5) is 22.8. The third kappa shape index (κ3) is 4.42. The summed E-state index contributed by atoms with van der Waals surface area (Å²) in [6, 6.07) is 3.55. The molecule has 1 fully saturated rings. The molecular formula is C17H20N4O2. The molecule has 3 rings (SSSR count). The summed E-state index contributed by atoms with van der Waals surface area (Å²) < 4.78 is 5.13. The Hall–Kier alpha value is -2.63. The van der Waals surface area contributed by atoms with Gasteiger partial charge < -0.3 is 14.6 Å².